The molecule has 1 aliphatic rings. The van der Waals surface area contributed by atoms with Gasteiger partial charge in [0.25, 0.3) is 0 Å². The second kappa shape index (κ2) is 8.44. The Morgan fingerprint density at radius 3 is 2.67 bits per heavy atom. The lowest BCUT2D eigenvalue weighted by atomic mass is 9.69. The topological polar surface area (TPSA) is 60.8 Å². The molecule has 1 aliphatic heterocycles. The highest BCUT2D eigenvalue weighted by Crippen LogP contribution is 2.32. The largest absolute Gasteiger partial charge is 0.493 e. The maximum atomic E-state index is 9.68. The molecule has 132 valence electrons. The van der Waals surface area contributed by atoms with Crippen molar-refractivity contribution in [3.63, 3.8) is 0 Å². The smallest absolute Gasteiger partial charge is 0.454 e. The average molecular weight is 357 g/mol. The van der Waals surface area contributed by atoms with E-state index in [0.29, 0.717) is 47.6 Å². The fourth-order valence-electron chi connectivity index (χ4n) is 3.35. The third-order valence-corrected chi connectivity index (χ3v) is 4.63. The fraction of sp³-hybridized carbons (Fsp3) is 0.389. The van der Waals surface area contributed by atoms with E-state index in [2.05, 4.69) is 4.98 Å². The van der Waals surface area contributed by atoms with E-state index in [4.69, 9.17) is 37.7 Å². The van der Waals surface area contributed by atoms with Crippen LogP contribution in [0.1, 0.15) is 24.8 Å². The fourth-order valence-corrected chi connectivity index (χ4v) is 3.35. The van der Waals surface area contributed by atoms with Gasteiger partial charge in [-0.2, -0.15) is 0 Å². The molecule has 1 aromatic heterocycles. The van der Waals surface area contributed by atoms with Crippen molar-refractivity contribution in [2.24, 2.45) is 0 Å². The summed E-state index contributed by atoms with van der Waals surface area (Å²) >= 11 is 0. The molecule has 2 heterocycles. The van der Waals surface area contributed by atoms with E-state index >= 15 is 0 Å². The van der Waals surface area contributed by atoms with Crippen LogP contribution >= 0.6 is 0 Å². The molecule has 0 amide bonds. The van der Waals surface area contributed by atoms with Crippen molar-refractivity contribution in [3.8, 4) is 22.6 Å². The zero-order valence-electron chi connectivity index (χ0n) is 15.6. The number of methoxy groups -OCH3 is 1. The molecule has 0 spiro atoms. The van der Waals surface area contributed by atoms with Crippen molar-refractivity contribution >= 4 is 47.3 Å². The Kier molecular flexibility index (Phi) is 6.22. The van der Waals surface area contributed by atoms with Gasteiger partial charge in [0.1, 0.15) is 23.5 Å². The number of nitrogens with zero attached hydrogens (tertiary/aromatic N) is 1. The van der Waals surface area contributed by atoms with Crippen molar-refractivity contribution < 1.29 is 19.2 Å². The molecule has 5 nitrogen and oxygen atoms in total. The van der Waals surface area contributed by atoms with E-state index in [9.17, 15) is 5.02 Å². The number of hydrogen-bond donors (Lipinski definition) is 1. The summed E-state index contributed by atoms with van der Waals surface area (Å²) in [7, 11) is 19.4. The van der Waals surface area contributed by atoms with Crippen LogP contribution in [0.15, 0.2) is 18.2 Å². The molecule has 27 heavy (non-hydrogen) atoms. The number of aromatic nitrogens is 1. The predicted octanol–water partition coefficient (Wildman–Crippen LogP) is -0.478. The Bertz CT molecular complexity index is 833. The number of pyridine rings is 1. The van der Waals surface area contributed by atoms with E-state index in [0.717, 1.165) is 12.0 Å². The highest BCUT2D eigenvalue weighted by atomic mass is 16.5. The first kappa shape index (κ1) is 19.9. The van der Waals surface area contributed by atoms with E-state index < -0.39 is 7.12 Å². The molecular weight excluding hydrogens is 337 g/mol. The number of ether oxygens (including phenoxy) is 2. The maximum Gasteiger partial charge on any atom is 0.454 e. The van der Waals surface area contributed by atoms with Crippen LogP contribution in [0, 0.1) is 0 Å². The van der Waals surface area contributed by atoms with Gasteiger partial charge in [-0.25, -0.2) is 0 Å². The zero-order chi connectivity index (χ0) is 19.6. The Balaban J connectivity index is 2.08. The Labute approximate surface area is 164 Å². The monoisotopic (exact) mass is 357 g/mol. The molecule has 1 unspecified atom stereocenters. The minimum Gasteiger partial charge on any atom is -0.493 e. The van der Waals surface area contributed by atoms with Gasteiger partial charge in [-0.3, -0.25) is 4.98 Å². The van der Waals surface area contributed by atoms with Crippen molar-refractivity contribution in [2.75, 3.05) is 20.3 Å². The van der Waals surface area contributed by atoms with Crippen molar-refractivity contribution in [2.45, 2.75) is 25.6 Å². The van der Waals surface area contributed by atoms with Gasteiger partial charge in [-0.05, 0) is 52.8 Å². The quantitative estimate of drug-likeness (QED) is 0.709. The molecule has 1 aromatic carbocycles. The zero-order valence-corrected chi connectivity index (χ0v) is 15.6. The van der Waals surface area contributed by atoms with Crippen LogP contribution in [0.25, 0.3) is 11.1 Å². The van der Waals surface area contributed by atoms with E-state index in [1.165, 1.54) is 0 Å². The highest BCUT2D eigenvalue weighted by molar-refractivity contribution is 6.48. The van der Waals surface area contributed by atoms with Crippen molar-refractivity contribution in [1.29, 1.82) is 0 Å². The number of rotatable bonds is 6. The molecule has 1 N–H and O–H groups in total. The molecule has 1 atom stereocenters. The second-order valence-electron chi connectivity index (χ2n) is 6.52. The van der Waals surface area contributed by atoms with Crippen LogP contribution in [0.3, 0.4) is 0 Å². The van der Waals surface area contributed by atoms with Crippen molar-refractivity contribution in [1.82, 2.24) is 4.98 Å². The maximum absolute atomic E-state index is 9.68. The van der Waals surface area contributed by atoms with Crippen LogP contribution in [-0.2, 0) is 4.65 Å². The normalized spacial score (nSPS) is 16.6. The Morgan fingerprint density at radius 1 is 1.26 bits per heavy atom. The predicted molar refractivity (Wildman–Crippen MR) is 110 cm³/mol. The lowest BCUT2D eigenvalue weighted by Gasteiger charge is -2.22. The molecule has 0 aliphatic carbocycles. The summed E-state index contributed by atoms with van der Waals surface area (Å²) < 4.78 is 16.4. The second-order valence-corrected chi connectivity index (χ2v) is 6.52. The van der Waals surface area contributed by atoms with Crippen LogP contribution in [0.5, 0.6) is 11.5 Å². The summed E-state index contributed by atoms with van der Waals surface area (Å²) in [5.74, 6) is 1.09. The summed E-state index contributed by atoms with van der Waals surface area (Å²) in [5.41, 5.74) is 2.93. The highest BCUT2D eigenvalue weighted by Gasteiger charge is 2.32. The van der Waals surface area contributed by atoms with Gasteiger partial charge < -0.3 is 19.2 Å². The first-order valence-electron chi connectivity index (χ1n) is 8.91. The molecule has 6 radical (unpaired) electrons. The molecule has 9 heteroatoms. The van der Waals surface area contributed by atoms with Gasteiger partial charge >= 0.3 is 7.12 Å². The molecule has 0 saturated carbocycles. The van der Waals surface area contributed by atoms with E-state index in [1.54, 1.807) is 13.2 Å². The number of benzene rings is 1. The van der Waals surface area contributed by atoms with Gasteiger partial charge in [0, 0.05) is 12.5 Å². The summed E-state index contributed by atoms with van der Waals surface area (Å²) in [6.45, 7) is 2.92. The molecule has 1 saturated heterocycles. The van der Waals surface area contributed by atoms with Gasteiger partial charge in [0.15, 0.2) is 11.5 Å². The van der Waals surface area contributed by atoms with Crippen LogP contribution in [-0.4, -0.2) is 61.0 Å². The molecule has 3 rings (SSSR count). The summed E-state index contributed by atoms with van der Waals surface area (Å²) in [6.07, 6.45) is 1.28. The van der Waals surface area contributed by atoms with E-state index in [-0.39, 0.29) is 17.1 Å². The lowest BCUT2D eigenvalue weighted by molar-refractivity contribution is 0.292. The minimum atomic E-state index is -0.829. The Morgan fingerprint density at radius 2 is 2.04 bits per heavy atom. The summed E-state index contributed by atoms with van der Waals surface area (Å²) in [4.78, 5) is 4.28. The lowest BCUT2D eigenvalue weighted by Crippen LogP contribution is -2.37. The number of hydrogen-bond acceptors (Lipinski definition) is 5. The first-order chi connectivity index (χ1) is 13.0. The molecule has 2 aromatic rings. The van der Waals surface area contributed by atoms with Gasteiger partial charge in [-0.15, -0.1) is 0 Å². The van der Waals surface area contributed by atoms with Crippen molar-refractivity contribution in [3.05, 3.63) is 23.8 Å². The SMILES string of the molecule is [B]c1nc([B])c(C2COB(O)C2)c([B])c1-c1ccc(OC)c(OCCC)c1. The average Bonchev–Trinajstić information content (AvgIpc) is 3.05. The van der Waals surface area contributed by atoms with Gasteiger partial charge in [0.2, 0.25) is 0 Å². The summed E-state index contributed by atoms with van der Waals surface area (Å²) in [6, 6.07) is 5.48. The van der Waals surface area contributed by atoms with E-state index in [1.807, 2.05) is 19.1 Å². The minimum absolute atomic E-state index is 0.138. The van der Waals surface area contributed by atoms with Gasteiger partial charge in [0.05, 0.1) is 13.7 Å². The van der Waals surface area contributed by atoms with Gasteiger partial charge in [-0.1, -0.05) is 18.5 Å². The molecular formula is C18H19B4NO4. The third-order valence-electron chi connectivity index (χ3n) is 4.63. The standard InChI is InChI=1S/C18H19B4NO4/c1-3-6-26-13-7-10(4-5-12(13)25-2)14-16(19)15(18(21)23-17(14)20)11-8-22(24)27-9-11/h4-5,7,11,24H,3,6,8-9H2,1-2H3. The molecule has 1 fully saturated rings. The van der Waals surface area contributed by atoms with Crippen LogP contribution in [0.4, 0.5) is 0 Å². The third kappa shape index (κ3) is 4.04. The van der Waals surface area contributed by atoms with Crippen LogP contribution < -0.4 is 26.1 Å². The first-order valence-corrected chi connectivity index (χ1v) is 8.91. The summed E-state index contributed by atoms with van der Waals surface area (Å²) in [5, 5.41) is 9.68. The molecule has 0 bridgehead atoms. The van der Waals surface area contributed by atoms with Crippen LogP contribution in [0.2, 0.25) is 6.32 Å². The Hall–Kier alpha value is -1.85.